The smallest absolute Gasteiger partial charge is 0.348 e. The van der Waals surface area contributed by atoms with Crippen LogP contribution in [0.5, 0.6) is 5.75 Å². The third-order valence-corrected chi connectivity index (χ3v) is 4.81. The Balaban J connectivity index is 0.00000225. The van der Waals surface area contributed by atoms with Crippen LogP contribution in [0.2, 0.25) is 0 Å². The van der Waals surface area contributed by atoms with Gasteiger partial charge in [0.25, 0.3) is 0 Å². The van der Waals surface area contributed by atoms with Crippen LogP contribution in [0.1, 0.15) is 15.2 Å². The van der Waals surface area contributed by atoms with E-state index in [0.29, 0.717) is 44.3 Å². The van der Waals surface area contributed by atoms with Crippen LogP contribution >= 0.6 is 23.7 Å². The van der Waals surface area contributed by atoms with Gasteiger partial charge in [0.05, 0.1) is 19.3 Å². The van der Waals surface area contributed by atoms with E-state index < -0.39 is 5.97 Å². The molecular formula is C17H21ClN2O4S. The Kier molecular flexibility index (Phi) is 7.07. The molecule has 136 valence electrons. The minimum Gasteiger partial charge on any atom is -0.488 e. The van der Waals surface area contributed by atoms with Crippen molar-refractivity contribution in [1.82, 2.24) is 0 Å². The molecule has 0 bridgehead atoms. The summed E-state index contributed by atoms with van der Waals surface area (Å²) >= 11 is 1.18. The number of nitrogens with zero attached hydrogens (tertiary/aromatic N) is 1. The second-order valence-corrected chi connectivity index (χ2v) is 6.41. The third-order valence-electron chi connectivity index (χ3n) is 3.88. The van der Waals surface area contributed by atoms with Crippen LogP contribution in [0.3, 0.4) is 0 Å². The topological polar surface area (TPSA) is 85.0 Å². The van der Waals surface area contributed by atoms with Gasteiger partial charge < -0.3 is 25.2 Å². The average molecular weight is 385 g/mol. The Morgan fingerprint density at radius 2 is 2.16 bits per heavy atom. The average Bonchev–Trinajstić information content (AvgIpc) is 3.02. The number of anilines is 1. The molecule has 0 spiro atoms. The number of carboxylic acid groups (broad SMARTS) is 1. The van der Waals surface area contributed by atoms with Gasteiger partial charge in [0.15, 0.2) is 5.75 Å². The highest BCUT2D eigenvalue weighted by Gasteiger charge is 2.33. The minimum absolute atomic E-state index is 0. The van der Waals surface area contributed by atoms with Crippen molar-refractivity contribution in [3.05, 3.63) is 46.2 Å². The predicted molar refractivity (Wildman–Crippen MR) is 100 cm³/mol. The van der Waals surface area contributed by atoms with E-state index in [-0.39, 0.29) is 23.3 Å². The standard InChI is InChI=1S/C17H20N2O4S.ClH/c18-6-7-19-13(9-22-8-12-4-2-1-3-5-12)10-23-14-11-24-16(15(14)19)17(20)21;/h1-5,11,13H,6-10,18H2,(H,20,21);1H/t13-;/m1./s1. The highest BCUT2D eigenvalue weighted by atomic mass is 35.5. The van der Waals surface area contributed by atoms with Crippen molar-refractivity contribution in [2.24, 2.45) is 5.73 Å². The predicted octanol–water partition coefficient (Wildman–Crippen LogP) is 2.61. The van der Waals surface area contributed by atoms with E-state index in [2.05, 4.69) is 0 Å². The molecule has 3 N–H and O–H groups in total. The van der Waals surface area contributed by atoms with Gasteiger partial charge in [-0.05, 0) is 5.56 Å². The fraction of sp³-hybridized carbons (Fsp3) is 0.353. The lowest BCUT2D eigenvalue weighted by atomic mass is 10.2. The quantitative estimate of drug-likeness (QED) is 0.763. The molecule has 1 aliphatic rings. The maximum absolute atomic E-state index is 11.5. The highest BCUT2D eigenvalue weighted by Crippen LogP contribution is 2.41. The number of thiophene rings is 1. The molecule has 6 nitrogen and oxygen atoms in total. The largest absolute Gasteiger partial charge is 0.488 e. The van der Waals surface area contributed by atoms with Gasteiger partial charge in [-0.3, -0.25) is 0 Å². The molecule has 0 radical (unpaired) electrons. The summed E-state index contributed by atoms with van der Waals surface area (Å²) in [6.45, 7) is 2.41. The molecule has 1 atom stereocenters. The number of carboxylic acids is 1. The molecule has 8 heteroatoms. The first kappa shape index (κ1) is 19.5. The van der Waals surface area contributed by atoms with Crippen LogP contribution in [-0.4, -0.2) is 43.4 Å². The van der Waals surface area contributed by atoms with Crippen LogP contribution in [0.25, 0.3) is 0 Å². The lowest BCUT2D eigenvalue weighted by molar-refractivity contribution is 0.0697. The summed E-state index contributed by atoms with van der Waals surface area (Å²) in [5, 5.41) is 11.1. The summed E-state index contributed by atoms with van der Waals surface area (Å²) in [6.07, 6.45) is 0. The molecular weight excluding hydrogens is 364 g/mol. The third kappa shape index (κ3) is 4.43. The van der Waals surface area contributed by atoms with Crippen LogP contribution in [-0.2, 0) is 11.3 Å². The van der Waals surface area contributed by atoms with E-state index in [9.17, 15) is 9.90 Å². The fourth-order valence-electron chi connectivity index (χ4n) is 2.78. The molecule has 2 heterocycles. The molecule has 0 saturated heterocycles. The van der Waals surface area contributed by atoms with E-state index in [1.54, 1.807) is 5.38 Å². The van der Waals surface area contributed by atoms with Crippen molar-refractivity contribution in [1.29, 1.82) is 0 Å². The first-order chi connectivity index (χ1) is 11.7. The number of hydrogen-bond donors (Lipinski definition) is 2. The van der Waals surface area contributed by atoms with Crippen molar-refractivity contribution in [3.63, 3.8) is 0 Å². The van der Waals surface area contributed by atoms with E-state index >= 15 is 0 Å². The van der Waals surface area contributed by atoms with Gasteiger partial charge in [-0.25, -0.2) is 4.79 Å². The van der Waals surface area contributed by atoms with Crippen molar-refractivity contribution in [2.45, 2.75) is 12.6 Å². The van der Waals surface area contributed by atoms with Gasteiger partial charge in [0.2, 0.25) is 0 Å². The SMILES string of the molecule is Cl.NCCN1c2c(csc2C(=O)O)OC[C@H]1COCc1ccccc1. The zero-order valence-electron chi connectivity index (χ0n) is 13.6. The van der Waals surface area contributed by atoms with Gasteiger partial charge in [0, 0.05) is 18.5 Å². The Morgan fingerprint density at radius 3 is 2.84 bits per heavy atom. The Labute approximate surface area is 156 Å². The van der Waals surface area contributed by atoms with E-state index in [4.69, 9.17) is 15.2 Å². The Morgan fingerprint density at radius 1 is 1.40 bits per heavy atom. The van der Waals surface area contributed by atoms with Crippen molar-refractivity contribution in [3.8, 4) is 5.75 Å². The summed E-state index contributed by atoms with van der Waals surface area (Å²) in [4.78, 5) is 13.7. The monoisotopic (exact) mass is 384 g/mol. The van der Waals surface area contributed by atoms with Crippen molar-refractivity contribution in [2.75, 3.05) is 31.2 Å². The summed E-state index contributed by atoms with van der Waals surface area (Å²) < 4.78 is 11.6. The molecule has 1 aromatic heterocycles. The second kappa shape index (κ2) is 9.05. The van der Waals surface area contributed by atoms with Gasteiger partial charge >= 0.3 is 5.97 Å². The van der Waals surface area contributed by atoms with Crippen molar-refractivity contribution >= 4 is 35.4 Å². The Bertz CT molecular complexity index is 695. The number of hydrogen-bond acceptors (Lipinski definition) is 6. The summed E-state index contributed by atoms with van der Waals surface area (Å²) in [5.74, 6) is -0.331. The number of fused-ring (bicyclic) bond motifs is 1. The van der Waals surface area contributed by atoms with Gasteiger partial charge in [0.1, 0.15) is 17.2 Å². The summed E-state index contributed by atoms with van der Waals surface area (Å²) in [7, 11) is 0. The van der Waals surface area contributed by atoms with Crippen molar-refractivity contribution < 1.29 is 19.4 Å². The zero-order chi connectivity index (χ0) is 16.9. The lowest BCUT2D eigenvalue weighted by Crippen LogP contribution is -2.48. The first-order valence-corrected chi connectivity index (χ1v) is 8.64. The second-order valence-electron chi connectivity index (χ2n) is 5.53. The molecule has 0 unspecified atom stereocenters. The van der Waals surface area contributed by atoms with Gasteiger partial charge in [-0.2, -0.15) is 0 Å². The van der Waals surface area contributed by atoms with Crippen LogP contribution < -0.4 is 15.4 Å². The first-order valence-electron chi connectivity index (χ1n) is 7.76. The molecule has 25 heavy (non-hydrogen) atoms. The minimum atomic E-state index is -0.947. The lowest BCUT2D eigenvalue weighted by Gasteiger charge is -2.37. The summed E-state index contributed by atoms with van der Waals surface area (Å²) in [6, 6.07) is 9.87. The molecule has 0 amide bonds. The van der Waals surface area contributed by atoms with Gasteiger partial charge in [-0.1, -0.05) is 30.3 Å². The number of carbonyl (C=O) groups is 1. The maximum atomic E-state index is 11.5. The molecule has 0 fully saturated rings. The number of rotatable bonds is 7. The summed E-state index contributed by atoms with van der Waals surface area (Å²) in [5.41, 5.74) is 7.45. The molecule has 1 aliphatic heterocycles. The molecule has 1 aromatic carbocycles. The molecule has 0 saturated carbocycles. The number of ether oxygens (including phenoxy) is 2. The molecule has 0 aliphatic carbocycles. The number of aromatic carboxylic acids is 1. The molecule has 2 aromatic rings. The van der Waals surface area contributed by atoms with Crippen LogP contribution in [0.15, 0.2) is 35.7 Å². The molecule has 3 rings (SSSR count). The number of nitrogens with two attached hydrogens (primary N) is 1. The zero-order valence-corrected chi connectivity index (χ0v) is 15.2. The van der Waals surface area contributed by atoms with Gasteiger partial charge in [-0.15, -0.1) is 23.7 Å². The van der Waals surface area contributed by atoms with E-state index in [1.807, 2.05) is 35.2 Å². The fourth-order valence-corrected chi connectivity index (χ4v) is 3.61. The van der Waals surface area contributed by atoms with Crippen LogP contribution in [0, 0.1) is 0 Å². The highest BCUT2D eigenvalue weighted by molar-refractivity contribution is 7.13. The number of benzene rings is 1. The normalized spacial score (nSPS) is 15.9. The maximum Gasteiger partial charge on any atom is 0.348 e. The van der Waals surface area contributed by atoms with Crippen LogP contribution in [0.4, 0.5) is 5.69 Å². The van der Waals surface area contributed by atoms with E-state index in [1.165, 1.54) is 11.3 Å². The van der Waals surface area contributed by atoms with E-state index in [0.717, 1.165) is 5.56 Å². The number of halogens is 1. The Hall–Kier alpha value is -1.80.